The van der Waals surface area contributed by atoms with E-state index in [-0.39, 0.29) is 5.25 Å². The molecule has 2 aromatic carbocycles. The average molecular weight is 358 g/mol. The molecule has 0 saturated heterocycles. The largest absolute Gasteiger partial charge is 0.322 e. The van der Waals surface area contributed by atoms with E-state index in [1.807, 2.05) is 42.8 Å². The fourth-order valence-corrected chi connectivity index (χ4v) is 3.99. The Kier molecular flexibility index (Phi) is 3.95. The second-order valence-electron chi connectivity index (χ2n) is 5.81. The van der Waals surface area contributed by atoms with E-state index < -0.39 is 6.55 Å². The van der Waals surface area contributed by atoms with E-state index >= 15 is 0 Å². The molecular weight excluding hydrogens is 342 g/mol. The molecule has 4 rings (SSSR count). The van der Waals surface area contributed by atoms with Crippen LogP contribution in [0.1, 0.15) is 24.5 Å². The molecule has 0 bridgehead atoms. The molecule has 0 spiro atoms. The second kappa shape index (κ2) is 6.15. The van der Waals surface area contributed by atoms with Crippen LogP contribution in [0.5, 0.6) is 0 Å². The summed E-state index contributed by atoms with van der Waals surface area (Å²) in [6.45, 7) is -0.754. The molecule has 0 N–H and O–H groups in total. The van der Waals surface area contributed by atoms with Gasteiger partial charge in [0.25, 0.3) is 0 Å². The van der Waals surface area contributed by atoms with Crippen molar-refractivity contribution in [1.29, 1.82) is 0 Å². The summed E-state index contributed by atoms with van der Waals surface area (Å²) in [5.41, 5.74) is 2.93. The van der Waals surface area contributed by atoms with Crippen LogP contribution in [-0.2, 0) is 7.05 Å². The number of nitrogens with zero attached hydrogens (tertiary/aromatic N) is 4. The lowest BCUT2D eigenvalue weighted by Crippen LogP contribution is -2.06. The molecule has 0 amide bonds. The summed E-state index contributed by atoms with van der Waals surface area (Å²) in [5, 5.41) is 0.512. The van der Waals surface area contributed by atoms with E-state index in [1.54, 1.807) is 24.3 Å². The highest BCUT2D eigenvalue weighted by molar-refractivity contribution is 7.99. The molecule has 2 aromatic heterocycles. The van der Waals surface area contributed by atoms with Gasteiger partial charge in [-0.25, -0.2) is 9.97 Å². The zero-order chi connectivity index (χ0) is 17.6. The second-order valence-corrected chi connectivity index (χ2v) is 7.12. The Morgan fingerprint density at radius 2 is 1.52 bits per heavy atom. The van der Waals surface area contributed by atoms with Crippen LogP contribution < -0.4 is 0 Å². The smallest absolute Gasteiger partial charge is 0.320 e. The topological polar surface area (TPSA) is 35.6 Å². The van der Waals surface area contributed by atoms with Crippen LogP contribution in [0.4, 0.5) is 8.78 Å². The summed E-state index contributed by atoms with van der Waals surface area (Å²) < 4.78 is 30.2. The fourth-order valence-electron chi connectivity index (χ4n) is 2.99. The van der Waals surface area contributed by atoms with Crippen molar-refractivity contribution in [2.75, 3.05) is 0 Å². The first-order chi connectivity index (χ1) is 12.1. The Morgan fingerprint density at radius 3 is 2.16 bits per heavy atom. The SMILES string of the molecule is CC(Sc1nc2ccccc2n1C)c1nc2ccccc2n1C(F)F. The molecule has 0 radical (unpaired) electrons. The number of halogens is 2. The lowest BCUT2D eigenvalue weighted by molar-refractivity contribution is 0.0715. The molecule has 2 heterocycles. The first-order valence-corrected chi connectivity index (χ1v) is 8.77. The van der Waals surface area contributed by atoms with Gasteiger partial charge in [0, 0.05) is 7.05 Å². The molecule has 4 aromatic rings. The average Bonchev–Trinajstić information content (AvgIpc) is 3.14. The van der Waals surface area contributed by atoms with E-state index in [1.165, 1.54) is 11.8 Å². The number of aromatic nitrogens is 4. The number of alkyl halides is 2. The monoisotopic (exact) mass is 358 g/mol. The summed E-state index contributed by atoms with van der Waals surface area (Å²) in [5.74, 6) is 0.355. The van der Waals surface area contributed by atoms with E-state index in [0.29, 0.717) is 16.9 Å². The van der Waals surface area contributed by atoms with Gasteiger partial charge in [0.2, 0.25) is 0 Å². The lowest BCUT2D eigenvalue weighted by Gasteiger charge is -2.13. The third-order valence-electron chi connectivity index (χ3n) is 4.21. The zero-order valence-electron chi connectivity index (χ0n) is 13.7. The van der Waals surface area contributed by atoms with Gasteiger partial charge >= 0.3 is 6.55 Å². The summed E-state index contributed by atoms with van der Waals surface area (Å²) in [6, 6.07) is 14.8. The summed E-state index contributed by atoms with van der Waals surface area (Å²) in [6.07, 6.45) is 0. The molecule has 1 unspecified atom stereocenters. The summed E-state index contributed by atoms with van der Waals surface area (Å²) >= 11 is 1.43. The number of benzene rings is 2. The predicted molar refractivity (Wildman–Crippen MR) is 96.0 cm³/mol. The van der Waals surface area contributed by atoms with Crippen LogP contribution in [0.25, 0.3) is 22.1 Å². The van der Waals surface area contributed by atoms with E-state index in [0.717, 1.165) is 20.8 Å². The maximum absolute atomic E-state index is 13.6. The summed E-state index contributed by atoms with van der Waals surface area (Å²) in [4.78, 5) is 9.05. The number of rotatable bonds is 4. The van der Waals surface area contributed by atoms with Gasteiger partial charge in [-0.15, -0.1) is 0 Å². The van der Waals surface area contributed by atoms with Gasteiger partial charge < -0.3 is 4.57 Å². The number of aryl methyl sites for hydroxylation is 1. The van der Waals surface area contributed by atoms with Gasteiger partial charge in [0.15, 0.2) is 5.16 Å². The van der Waals surface area contributed by atoms with E-state index in [9.17, 15) is 8.78 Å². The van der Waals surface area contributed by atoms with Crippen molar-refractivity contribution in [2.24, 2.45) is 7.05 Å². The standard InChI is InChI=1S/C18H16F2N4S/c1-11(25-18-22-12-7-3-5-9-14(12)23(18)2)16-21-13-8-4-6-10-15(13)24(16)17(19)20/h3-11,17H,1-2H3. The highest BCUT2D eigenvalue weighted by atomic mass is 32.2. The van der Waals surface area contributed by atoms with Crippen LogP contribution in [0.2, 0.25) is 0 Å². The highest BCUT2D eigenvalue weighted by Crippen LogP contribution is 2.37. The van der Waals surface area contributed by atoms with Crippen LogP contribution in [0.3, 0.4) is 0 Å². The van der Waals surface area contributed by atoms with Crippen molar-refractivity contribution in [2.45, 2.75) is 23.9 Å². The highest BCUT2D eigenvalue weighted by Gasteiger charge is 2.23. The molecule has 0 saturated carbocycles. The molecule has 0 aliphatic carbocycles. The number of hydrogen-bond donors (Lipinski definition) is 0. The minimum atomic E-state index is -2.63. The molecule has 4 nitrogen and oxygen atoms in total. The Labute approximate surface area is 147 Å². The van der Waals surface area contributed by atoms with Crippen molar-refractivity contribution in [3.63, 3.8) is 0 Å². The minimum Gasteiger partial charge on any atom is -0.322 e. The zero-order valence-corrected chi connectivity index (χ0v) is 14.5. The lowest BCUT2D eigenvalue weighted by atomic mass is 10.3. The van der Waals surface area contributed by atoms with E-state index in [2.05, 4.69) is 9.97 Å². The van der Waals surface area contributed by atoms with Crippen molar-refractivity contribution >= 4 is 33.8 Å². The van der Waals surface area contributed by atoms with Crippen molar-refractivity contribution in [3.8, 4) is 0 Å². The van der Waals surface area contributed by atoms with Gasteiger partial charge in [-0.3, -0.25) is 4.57 Å². The van der Waals surface area contributed by atoms with Crippen molar-refractivity contribution in [3.05, 3.63) is 54.4 Å². The Morgan fingerprint density at radius 1 is 0.920 bits per heavy atom. The van der Waals surface area contributed by atoms with Crippen LogP contribution >= 0.6 is 11.8 Å². The molecular formula is C18H16F2N4S. The molecule has 128 valence electrons. The Bertz CT molecular complexity index is 1050. The number of imidazole rings is 2. The quantitative estimate of drug-likeness (QED) is 0.472. The molecule has 0 fully saturated rings. The molecule has 0 aliphatic heterocycles. The van der Waals surface area contributed by atoms with Gasteiger partial charge in [0.05, 0.1) is 27.3 Å². The van der Waals surface area contributed by atoms with Crippen molar-refractivity contribution < 1.29 is 8.78 Å². The number of fused-ring (bicyclic) bond motifs is 2. The molecule has 25 heavy (non-hydrogen) atoms. The maximum Gasteiger partial charge on any atom is 0.320 e. The van der Waals surface area contributed by atoms with Crippen LogP contribution in [0, 0.1) is 0 Å². The molecule has 7 heteroatoms. The van der Waals surface area contributed by atoms with Gasteiger partial charge in [-0.05, 0) is 31.2 Å². The Hall–Kier alpha value is -2.41. The fraction of sp³-hybridized carbons (Fsp3) is 0.222. The molecule has 0 aliphatic rings. The number of hydrogen-bond acceptors (Lipinski definition) is 3. The Balaban J connectivity index is 1.75. The van der Waals surface area contributed by atoms with Crippen molar-refractivity contribution in [1.82, 2.24) is 19.1 Å². The maximum atomic E-state index is 13.6. The van der Waals surface area contributed by atoms with Gasteiger partial charge in [-0.2, -0.15) is 8.78 Å². The normalized spacial score (nSPS) is 13.2. The first kappa shape index (κ1) is 16.1. The van der Waals surface area contributed by atoms with Gasteiger partial charge in [0.1, 0.15) is 5.82 Å². The van der Waals surface area contributed by atoms with Crippen LogP contribution in [-0.4, -0.2) is 19.1 Å². The summed E-state index contributed by atoms with van der Waals surface area (Å²) in [7, 11) is 1.93. The number of para-hydroxylation sites is 4. The number of thioether (sulfide) groups is 1. The third kappa shape index (κ3) is 2.68. The van der Waals surface area contributed by atoms with E-state index in [4.69, 9.17) is 0 Å². The van der Waals surface area contributed by atoms with Crippen LogP contribution in [0.15, 0.2) is 53.7 Å². The predicted octanol–water partition coefficient (Wildman–Crippen LogP) is 5.17. The third-order valence-corrected chi connectivity index (χ3v) is 5.35. The molecule has 1 atom stereocenters. The minimum absolute atomic E-state index is 0.267. The first-order valence-electron chi connectivity index (χ1n) is 7.89. The van der Waals surface area contributed by atoms with Gasteiger partial charge in [-0.1, -0.05) is 36.0 Å².